The maximum Gasteiger partial charge on any atom is 0.335 e. The van der Waals surface area contributed by atoms with Gasteiger partial charge in [-0.2, -0.15) is 0 Å². The SMILES string of the molecule is COc1cc(C(=O)O)ccc1Nc1cncc(-c2cc3ccccc3o2)n1. The van der Waals surface area contributed by atoms with E-state index in [-0.39, 0.29) is 5.56 Å². The minimum absolute atomic E-state index is 0.138. The molecule has 2 N–H and O–H groups in total. The summed E-state index contributed by atoms with van der Waals surface area (Å²) in [6, 6.07) is 14.2. The van der Waals surface area contributed by atoms with Crippen LogP contribution in [-0.2, 0) is 0 Å². The lowest BCUT2D eigenvalue weighted by Gasteiger charge is -2.11. The molecule has 0 spiro atoms. The summed E-state index contributed by atoms with van der Waals surface area (Å²) in [5.41, 5.74) is 2.08. The number of aromatic carboxylic acids is 1. The number of carboxylic acids is 1. The number of carboxylic acid groups (broad SMARTS) is 1. The van der Waals surface area contributed by atoms with Crippen molar-refractivity contribution in [1.82, 2.24) is 9.97 Å². The van der Waals surface area contributed by atoms with Crippen LogP contribution in [0.3, 0.4) is 0 Å². The molecule has 0 bridgehead atoms. The Hall–Kier alpha value is -3.87. The summed E-state index contributed by atoms with van der Waals surface area (Å²) in [4.78, 5) is 19.8. The van der Waals surface area contributed by atoms with Crippen LogP contribution in [0.2, 0.25) is 0 Å². The zero-order valence-corrected chi connectivity index (χ0v) is 14.3. The summed E-state index contributed by atoms with van der Waals surface area (Å²) in [6.45, 7) is 0. The van der Waals surface area contributed by atoms with Gasteiger partial charge in [0.25, 0.3) is 0 Å². The lowest BCUT2D eigenvalue weighted by atomic mass is 10.2. The Morgan fingerprint density at radius 3 is 2.78 bits per heavy atom. The number of rotatable bonds is 5. The molecule has 4 rings (SSSR count). The van der Waals surface area contributed by atoms with Crippen molar-refractivity contribution in [1.29, 1.82) is 0 Å². The molecule has 2 aromatic heterocycles. The van der Waals surface area contributed by atoms with Gasteiger partial charge in [-0.3, -0.25) is 4.98 Å². The second-order valence-corrected chi connectivity index (χ2v) is 5.78. The molecular weight excluding hydrogens is 346 g/mol. The van der Waals surface area contributed by atoms with Crippen molar-refractivity contribution in [3.8, 4) is 17.2 Å². The summed E-state index contributed by atoms with van der Waals surface area (Å²) in [6.07, 6.45) is 3.18. The molecule has 0 unspecified atom stereocenters. The van der Waals surface area contributed by atoms with Crippen molar-refractivity contribution < 1.29 is 19.1 Å². The first-order chi connectivity index (χ1) is 13.1. The molecule has 0 radical (unpaired) electrons. The highest BCUT2D eigenvalue weighted by molar-refractivity contribution is 5.89. The Kier molecular flexibility index (Phi) is 4.18. The molecular formula is C20H15N3O4. The summed E-state index contributed by atoms with van der Waals surface area (Å²) in [5.74, 6) is 0.465. The molecule has 0 atom stereocenters. The van der Waals surface area contributed by atoms with Gasteiger partial charge in [-0.25, -0.2) is 9.78 Å². The van der Waals surface area contributed by atoms with E-state index in [9.17, 15) is 4.79 Å². The van der Waals surface area contributed by atoms with Crippen molar-refractivity contribution in [3.05, 3.63) is 66.5 Å². The molecule has 7 heteroatoms. The third-order valence-corrected chi connectivity index (χ3v) is 4.02. The van der Waals surface area contributed by atoms with Crippen molar-refractivity contribution in [2.45, 2.75) is 0 Å². The maximum atomic E-state index is 11.1. The average Bonchev–Trinajstić information content (AvgIpc) is 3.12. The Balaban J connectivity index is 1.66. The van der Waals surface area contributed by atoms with Crippen LogP contribution in [0.1, 0.15) is 10.4 Å². The standard InChI is InChI=1S/C20H15N3O4/c1-26-17-9-13(20(24)25)6-7-14(17)22-19-11-21-10-15(23-19)18-8-12-4-2-3-5-16(12)27-18/h2-11H,1H3,(H,22,23)(H,24,25). The first-order valence-electron chi connectivity index (χ1n) is 8.13. The minimum Gasteiger partial charge on any atom is -0.495 e. The molecule has 27 heavy (non-hydrogen) atoms. The number of methoxy groups -OCH3 is 1. The van der Waals surface area contributed by atoms with Crippen LogP contribution in [0.4, 0.5) is 11.5 Å². The van der Waals surface area contributed by atoms with E-state index in [0.717, 1.165) is 11.0 Å². The lowest BCUT2D eigenvalue weighted by Crippen LogP contribution is -2.01. The Bertz CT molecular complexity index is 1100. The fourth-order valence-corrected chi connectivity index (χ4v) is 2.72. The number of nitrogens with zero attached hydrogens (tertiary/aromatic N) is 2. The number of ether oxygens (including phenoxy) is 1. The van der Waals surface area contributed by atoms with E-state index in [1.54, 1.807) is 18.5 Å². The van der Waals surface area contributed by atoms with E-state index in [1.165, 1.54) is 19.2 Å². The van der Waals surface area contributed by atoms with Crippen molar-refractivity contribution in [2.75, 3.05) is 12.4 Å². The predicted molar refractivity (Wildman–Crippen MR) is 100 cm³/mol. The van der Waals surface area contributed by atoms with E-state index in [2.05, 4.69) is 15.3 Å². The summed E-state index contributed by atoms with van der Waals surface area (Å²) < 4.78 is 11.1. The quantitative estimate of drug-likeness (QED) is 0.545. The topological polar surface area (TPSA) is 97.5 Å². The fourth-order valence-electron chi connectivity index (χ4n) is 2.72. The lowest BCUT2D eigenvalue weighted by molar-refractivity contribution is 0.0696. The van der Waals surface area contributed by atoms with Crippen LogP contribution in [-0.4, -0.2) is 28.2 Å². The number of aromatic nitrogens is 2. The number of furan rings is 1. The molecule has 0 aliphatic heterocycles. The molecule has 0 saturated carbocycles. The monoisotopic (exact) mass is 361 g/mol. The highest BCUT2D eigenvalue weighted by Gasteiger charge is 2.12. The van der Waals surface area contributed by atoms with Gasteiger partial charge in [0.15, 0.2) is 5.76 Å². The third kappa shape index (κ3) is 3.30. The number of hydrogen-bond donors (Lipinski definition) is 2. The summed E-state index contributed by atoms with van der Waals surface area (Å²) in [7, 11) is 1.47. The molecule has 0 fully saturated rings. The molecule has 4 aromatic rings. The van der Waals surface area contributed by atoms with Crippen LogP contribution in [0.25, 0.3) is 22.4 Å². The van der Waals surface area contributed by atoms with E-state index >= 15 is 0 Å². The number of anilines is 2. The second-order valence-electron chi connectivity index (χ2n) is 5.78. The van der Waals surface area contributed by atoms with Crippen LogP contribution in [0.15, 0.2) is 65.3 Å². The molecule has 0 aliphatic carbocycles. The summed E-state index contributed by atoms with van der Waals surface area (Å²) in [5, 5.41) is 13.2. The molecule has 0 saturated heterocycles. The van der Waals surface area contributed by atoms with Crippen LogP contribution in [0, 0.1) is 0 Å². The zero-order chi connectivity index (χ0) is 18.8. The zero-order valence-electron chi connectivity index (χ0n) is 14.3. The third-order valence-electron chi connectivity index (χ3n) is 4.02. The number of carbonyl (C=O) groups is 1. The van der Waals surface area contributed by atoms with Gasteiger partial charge in [0.1, 0.15) is 22.8 Å². The maximum absolute atomic E-state index is 11.1. The van der Waals surface area contributed by atoms with E-state index in [4.69, 9.17) is 14.3 Å². The van der Waals surface area contributed by atoms with Crippen molar-refractivity contribution in [2.24, 2.45) is 0 Å². The van der Waals surface area contributed by atoms with Gasteiger partial charge >= 0.3 is 5.97 Å². The van der Waals surface area contributed by atoms with E-state index in [1.807, 2.05) is 30.3 Å². The van der Waals surface area contributed by atoms with Gasteiger partial charge in [-0.15, -0.1) is 0 Å². The molecule has 7 nitrogen and oxygen atoms in total. The van der Waals surface area contributed by atoms with Gasteiger partial charge in [-0.05, 0) is 30.3 Å². The number of hydrogen-bond acceptors (Lipinski definition) is 6. The first kappa shape index (κ1) is 16.6. The molecule has 134 valence electrons. The van der Waals surface area contributed by atoms with Crippen molar-refractivity contribution in [3.63, 3.8) is 0 Å². The number of para-hydroxylation sites is 1. The molecule has 0 amide bonds. The minimum atomic E-state index is -1.02. The predicted octanol–water partition coefficient (Wildman–Crippen LogP) is 4.34. The van der Waals surface area contributed by atoms with Gasteiger partial charge in [0.2, 0.25) is 0 Å². The molecule has 2 aromatic carbocycles. The molecule has 2 heterocycles. The largest absolute Gasteiger partial charge is 0.495 e. The van der Waals surface area contributed by atoms with Gasteiger partial charge in [0, 0.05) is 5.39 Å². The second kappa shape index (κ2) is 6.80. The smallest absolute Gasteiger partial charge is 0.335 e. The Morgan fingerprint density at radius 1 is 1.15 bits per heavy atom. The van der Waals surface area contributed by atoms with Crippen molar-refractivity contribution >= 4 is 28.4 Å². The highest BCUT2D eigenvalue weighted by Crippen LogP contribution is 2.30. The number of fused-ring (bicyclic) bond motifs is 1. The number of nitrogens with one attached hydrogen (secondary N) is 1. The van der Waals surface area contributed by atoms with Gasteiger partial charge in [0.05, 0.1) is 30.8 Å². The highest BCUT2D eigenvalue weighted by atomic mass is 16.5. The van der Waals surface area contributed by atoms with Gasteiger partial charge in [-0.1, -0.05) is 18.2 Å². The van der Waals surface area contributed by atoms with Crippen LogP contribution >= 0.6 is 0 Å². The Morgan fingerprint density at radius 2 is 2.00 bits per heavy atom. The van der Waals surface area contributed by atoms with E-state index in [0.29, 0.717) is 28.7 Å². The first-order valence-corrected chi connectivity index (χ1v) is 8.13. The van der Waals surface area contributed by atoms with Crippen LogP contribution in [0.5, 0.6) is 5.75 Å². The molecule has 0 aliphatic rings. The average molecular weight is 361 g/mol. The summed E-state index contributed by atoms with van der Waals surface area (Å²) >= 11 is 0. The fraction of sp³-hybridized carbons (Fsp3) is 0.0500. The van der Waals surface area contributed by atoms with Crippen LogP contribution < -0.4 is 10.1 Å². The number of benzene rings is 2. The normalized spacial score (nSPS) is 10.7. The van der Waals surface area contributed by atoms with Gasteiger partial charge < -0.3 is 19.6 Å². The Labute approximate surface area is 154 Å². The van der Waals surface area contributed by atoms with E-state index < -0.39 is 5.97 Å².